The lowest BCUT2D eigenvalue weighted by molar-refractivity contribution is 0.434. The van der Waals surface area contributed by atoms with Crippen molar-refractivity contribution in [3.63, 3.8) is 0 Å². The normalized spacial score (nSPS) is 12.1. The predicted octanol–water partition coefficient (Wildman–Crippen LogP) is 3.92. The molecule has 0 fully saturated rings. The van der Waals surface area contributed by atoms with Gasteiger partial charge in [-0.3, -0.25) is 0 Å². The van der Waals surface area contributed by atoms with Gasteiger partial charge in [-0.05, 0) is 31.2 Å². The van der Waals surface area contributed by atoms with Gasteiger partial charge >= 0.3 is 0 Å². The van der Waals surface area contributed by atoms with Crippen LogP contribution >= 0.6 is 11.6 Å². The van der Waals surface area contributed by atoms with Crippen molar-refractivity contribution in [1.82, 2.24) is 0 Å². The highest BCUT2D eigenvalue weighted by Crippen LogP contribution is 2.35. The van der Waals surface area contributed by atoms with Crippen LogP contribution in [0, 0.1) is 0 Å². The van der Waals surface area contributed by atoms with Crippen LogP contribution in [0.4, 0.5) is 5.69 Å². The second kappa shape index (κ2) is 5.19. The summed E-state index contributed by atoms with van der Waals surface area (Å²) in [6.45, 7) is 1.85. The van der Waals surface area contributed by atoms with Crippen LogP contribution in [-0.4, -0.2) is 10.2 Å². The van der Waals surface area contributed by atoms with E-state index in [4.69, 9.17) is 11.6 Å². The largest absolute Gasteiger partial charge is 0.507 e. The molecule has 4 heteroatoms. The fourth-order valence-corrected chi connectivity index (χ4v) is 2.06. The number of phenols is 2. The molecule has 0 bridgehead atoms. The number of hydrogen-bond acceptors (Lipinski definition) is 3. The first-order valence-corrected chi connectivity index (χ1v) is 5.99. The van der Waals surface area contributed by atoms with Gasteiger partial charge in [0.2, 0.25) is 0 Å². The molecule has 0 spiro atoms. The summed E-state index contributed by atoms with van der Waals surface area (Å²) < 4.78 is 0. The van der Waals surface area contributed by atoms with Gasteiger partial charge in [-0.1, -0.05) is 29.8 Å². The molecular weight excluding hydrogens is 250 g/mol. The molecule has 18 heavy (non-hydrogen) atoms. The van der Waals surface area contributed by atoms with Gasteiger partial charge in [-0.15, -0.1) is 0 Å². The summed E-state index contributed by atoms with van der Waals surface area (Å²) in [5.74, 6) is 0.115. The molecule has 0 aromatic heterocycles. The number of aromatic hydroxyl groups is 2. The molecule has 1 atom stereocenters. The molecule has 0 saturated carbocycles. The van der Waals surface area contributed by atoms with Crippen molar-refractivity contribution in [2.24, 2.45) is 0 Å². The zero-order valence-electron chi connectivity index (χ0n) is 9.89. The van der Waals surface area contributed by atoms with E-state index < -0.39 is 0 Å². The Morgan fingerprint density at radius 1 is 1.00 bits per heavy atom. The summed E-state index contributed by atoms with van der Waals surface area (Å²) in [5, 5.41) is 23.3. The van der Waals surface area contributed by atoms with Gasteiger partial charge in [0, 0.05) is 0 Å². The van der Waals surface area contributed by atoms with E-state index in [9.17, 15) is 10.2 Å². The van der Waals surface area contributed by atoms with E-state index in [1.54, 1.807) is 24.3 Å². The zero-order valence-corrected chi connectivity index (χ0v) is 10.6. The molecule has 0 saturated heterocycles. The van der Waals surface area contributed by atoms with E-state index in [2.05, 4.69) is 5.32 Å². The number of hydrogen-bond donors (Lipinski definition) is 3. The first kappa shape index (κ1) is 12.6. The molecule has 0 aliphatic heterocycles. The fraction of sp³-hybridized carbons (Fsp3) is 0.143. The molecule has 2 aromatic rings. The maximum absolute atomic E-state index is 9.78. The average molecular weight is 264 g/mol. The van der Waals surface area contributed by atoms with Gasteiger partial charge in [-0.25, -0.2) is 0 Å². The van der Waals surface area contributed by atoms with Crippen molar-refractivity contribution >= 4 is 17.3 Å². The smallest absolute Gasteiger partial charge is 0.124 e. The van der Waals surface area contributed by atoms with Crippen molar-refractivity contribution in [1.29, 1.82) is 0 Å². The topological polar surface area (TPSA) is 52.5 Å². The zero-order chi connectivity index (χ0) is 13.1. The first-order chi connectivity index (χ1) is 8.59. The Kier molecular flexibility index (Phi) is 3.63. The fourth-order valence-electron chi connectivity index (χ4n) is 1.87. The number of phenolic OH excluding ortho intramolecular Hbond substituents is 2. The maximum atomic E-state index is 9.78. The monoisotopic (exact) mass is 263 g/mol. The van der Waals surface area contributed by atoms with Gasteiger partial charge < -0.3 is 15.5 Å². The van der Waals surface area contributed by atoms with E-state index in [1.807, 2.05) is 25.1 Å². The highest BCUT2D eigenvalue weighted by molar-refractivity contribution is 6.33. The molecule has 3 nitrogen and oxygen atoms in total. The van der Waals surface area contributed by atoms with Crippen LogP contribution in [0.3, 0.4) is 0 Å². The Morgan fingerprint density at radius 3 is 2.22 bits per heavy atom. The Morgan fingerprint density at radius 2 is 1.61 bits per heavy atom. The third-order valence-corrected chi connectivity index (χ3v) is 3.07. The molecule has 0 heterocycles. The third-order valence-electron chi connectivity index (χ3n) is 2.74. The number of anilines is 1. The van der Waals surface area contributed by atoms with Crippen LogP contribution in [0.1, 0.15) is 18.5 Å². The second-order valence-corrected chi connectivity index (χ2v) is 4.46. The molecule has 2 rings (SSSR count). The minimum Gasteiger partial charge on any atom is -0.507 e. The molecule has 2 aromatic carbocycles. The number of benzene rings is 2. The van der Waals surface area contributed by atoms with Gasteiger partial charge in [0.25, 0.3) is 0 Å². The summed E-state index contributed by atoms with van der Waals surface area (Å²) >= 11 is 6.05. The summed E-state index contributed by atoms with van der Waals surface area (Å²) in [6, 6.07) is 11.8. The van der Waals surface area contributed by atoms with Crippen molar-refractivity contribution < 1.29 is 10.2 Å². The number of para-hydroxylation sites is 1. The number of halogens is 1. The predicted molar refractivity (Wildman–Crippen MR) is 73.3 cm³/mol. The number of rotatable bonds is 3. The van der Waals surface area contributed by atoms with Crippen molar-refractivity contribution in [2.45, 2.75) is 13.0 Å². The molecular formula is C14H14ClNO2. The highest BCUT2D eigenvalue weighted by Gasteiger charge is 2.15. The van der Waals surface area contributed by atoms with E-state index in [0.29, 0.717) is 10.6 Å². The standard InChI is InChI=1S/C14H14ClNO2/c1-9(14-12(17)7-4-8-13(14)18)16-11-6-3-2-5-10(11)15/h2-9,16-18H,1H3. The third kappa shape index (κ3) is 2.51. The van der Waals surface area contributed by atoms with E-state index >= 15 is 0 Å². The lowest BCUT2D eigenvalue weighted by atomic mass is 10.1. The number of nitrogens with one attached hydrogen (secondary N) is 1. The SMILES string of the molecule is CC(Nc1ccccc1Cl)c1c(O)cccc1O. The van der Waals surface area contributed by atoms with Gasteiger partial charge in [0.15, 0.2) is 0 Å². The molecule has 0 amide bonds. The second-order valence-electron chi connectivity index (χ2n) is 4.06. The first-order valence-electron chi connectivity index (χ1n) is 5.61. The van der Waals surface area contributed by atoms with Crippen LogP contribution in [-0.2, 0) is 0 Å². The summed E-state index contributed by atoms with van der Waals surface area (Å²) in [5.41, 5.74) is 1.21. The summed E-state index contributed by atoms with van der Waals surface area (Å²) in [7, 11) is 0. The Balaban J connectivity index is 2.28. The van der Waals surface area contributed by atoms with Crippen LogP contribution in [0.2, 0.25) is 5.02 Å². The highest BCUT2D eigenvalue weighted by atomic mass is 35.5. The summed E-state index contributed by atoms with van der Waals surface area (Å²) in [4.78, 5) is 0. The van der Waals surface area contributed by atoms with Crippen LogP contribution in [0.25, 0.3) is 0 Å². The maximum Gasteiger partial charge on any atom is 0.124 e. The van der Waals surface area contributed by atoms with Crippen molar-refractivity contribution in [3.8, 4) is 11.5 Å². The average Bonchev–Trinajstić information content (AvgIpc) is 2.32. The van der Waals surface area contributed by atoms with Crippen LogP contribution in [0.15, 0.2) is 42.5 Å². The Bertz CT molecular complexity index is 537. The van der Waals surface area contributed by atoms with Crippen molar-refractivity contribution in [2.75, 3.05) is 5.32 Å². The van der Waals surface area contributed by atoms with Crippen molar-refractivity contribution in [3.05, 3.63) is 53.1 Å². The van der Waals surface area contributed by atoms with Gasteiger partial charge in [0.05, 0.1) is 22.3 Å². The summed E-state index contributed by atoms with van der Waals surface area (Å²) in [6.07, 6.45) is 0. The molecule has 94 valence electrons. The Hall–Kier alpha value is -1.87. The molecule has 1 unspecified atom stereocenters. The minimum absolute atomic E-state index is 0.0575. The molecule has 3 N–H and O–H groups in total. The Labute approximate surface area is 111 Å². The van der Waals surface area contributed by atoms with E-state index in [1.165, 1.54) is 0 Å². The van der Waals surface area contributed by atoms with Crippen LogP contribution < -0.4 is 5.32 Å². The minimum atomic E-state index is -0.258. The van der Waals surface area contributed by atoms with Gasteiger partial charge in [0.1, 0.15) is 11.5 Å². The van der Waals surface area contributed by atoms with E-state index in [0.717, 1.165) is 5.69 Å². The molecule has 0 aliphatic carbocycles. The van der Waals surface area contributed by atoms with E-state index in [-0.39, 0.29) is 17.5 Å². The van der Waals surface area contributed by atoms with Crippen LogP contribution in [0.5, 0.6) is 11.5 Å². The molecule has 0 aliphatic rings. The lowest BCUT2D eigenvalue weighted by Crippen LogP contribution is -2.07. The van der Waals surface area contributed by atoms with Gasteiger partial charge in [-0.2, -0.15) is 0 Å². The molecule has 0 radical (unpaired) electrons. The lowest BCUT2D eigenvalue weighted by Gasteiger charge is -2.18. The quantitative estimate of drug-likeness (QED) is 0.787.